The van der Waals surface area contributed by atoms with Gasteiger partial charge in [-0.05, 0) is 45.0 Å². The van der Waals surface area contributed by atoms with E-state index in [9.17, 15) is 9.90 Å². The Morgan fingerprint density at radius 3 is 2.66 bits per heavy atom. The molecule has 9 nitrogen and oxygen atoms in total. The fourth-order valence-electron chi connectivity index (χ4n) is 2.45. The van der Waals surface area contributed by atoms with Gasteiger partial charge in [-0.25, -0.2) is 0 Å². The molecular formula is C19H21ClN6O3. The Balaban J connectivity index is 1.69. The van der Waals surface area contributed by atoms with Crippen molar-refractivity contribution in [2.24, 2.45) is 0 Å². The number of amides is 1. The summed E-state index contributed by atoms with van der Waals surface area (Å²) >= 11 is 5.89. The molecule has 0 bridgehead atoms. The number of aliphatic hydroxyl groups excluding tert-OH is 1. The van der Waals surface area contributed by atoms with E-state index in [4.69, 9.17) is 16.1 Å². The number of hydrogen-bond donors (Lipinski definition) is 3. The Bertz CT molecular complexity index is 986. The summed E-state index contributed by atoms with van der Waals surface area (Å²) < 4.78 is 5.30. The molecule has 3 heterocycles. The second kappa shape index (κ2) is 8.54. The van der Waals surface area contributed by atoms with Crippen LogP contribution in [0.2, 0.25) is 5.02 Å². The van der Waals surface area contributed by atoms with Gasteiger partial charge >= 0.3 is 0 Å². The van der Waals surface area contributed by atoms with E-state index >= 15 is 0 Å². The molecule has 0 aliphatic heterocycles. The molecule has 0 spiro atoms. The van der Waals surface area contributed by atoms with Gasteiger partial charge in [0, 0.05) is 18.3 Å². The third-order valence-corrected chi connectivity index (χ3v) is 4.37. The number of aliphatic hydroxyl groups is 1. The van der Waals surface area contributed by atoms with Crippen LogP contribution in [0.4, 0.5) is 5.82 Å². The zero-order valence-corrected chi connectivity index (χ0v) is 17.0. The van der Waals surface area contributed by atoms with Crippen LogP contribution < -0.4 is 10.6 Å². The van der Waals surface area contributed by atoms with Gasteiger partial charge in [0.05, 0.1) is 22.9 Å². The summed E-state index contributed by atoms with van der Waals surface area (Å²) in [5, 5.41) is 27.7. The number of halogens is 1. The minimum atomic E-state index is -0.742. The molecule has 0 unspecified atom stereocenters. The fraction of sp³-hybridized carbons (Fsp3) is 0.316. The Labute approximate surface area is 172 Å². The topological polar surface area (TPSA) is 126 Å². The molecular weight excluding hydrogens is 396 g/mol. The molecule has 0 fully saturated rings. The summed E-state index contributed by atoms with van der Waals surface area (Å²) in [6, 6.07) is 6.71. The number of anilines is 1. The SMILES string of the molecule is Cc1onc(-c2ccc(Cl)cn2)c1CNc1ccc(C(=O)NC(C)(C)CO)nn1. The quantitative estimate of drug-likeness (QED) is 0.536. The average Bonchev–Trinajstić information content (AvgIpc) is 3.07. The van der Waals surface area contributed by atoms with Crippen LogP contribution in [0.5, 0.6) is 0 Å². The first-order chi connectivity index (χ1) is 13.8. The molecule has 152 valence electrons. The van der Waals surface area contributed by atoms with Gasteiger partial charge in [-0.3, -0.25) is 9.78 Å². The minimum absolute atomic E-state index is 0.157. The van der Waals surface area contributed by atoms with Crippen molar-refractivity contribution in [2.75, 3.05) is 11.9 Å². The van der Waals surface area contributed by atoms with Crippen molar-refractivity contribution < 1.29 is 14.4 Å². The molecule has 0 aliphatic rings. The summed E-state index contributed by atoms with van der Waals surface area (Å²) in [6.45, 7) is 5.43. The number of aromatic nitrogens is 4. The molecule has 3 aromatic heterocycles. The van der Waals surface area contributed by atoms with Crippen LogP contribution in [0.3, 0.4) is 0 Å². The molecule has 10 heteroatoms. The molecule has 3 rings (SSSR count). The molecule has 29 heavy (non-hydrogen) atoms. The van der Waals surface area contributed by atoms with E-state index < -0.39 is 11.4 Å². The maximum absolute atomic E-state index is 12.2. The van der Waals surface area contributed by atoms with Gasteiger partial charge in [-0.1, -0.05) is 16.8 Å². The van der Waals surface area contributed by atoms with Gasteiger partial charge in [0.1, 0.15) is 17.3 Å². The highest BCUT2D eigenvalue weighted by Crippen LogP contribution is 2.25. The first-order valence-corrected chi connectivity index (χ1v) is 9.25. The molecule has 3 N–H and O–H groups in total. The third kappa shape index (κ3) is 5.07. The van der Waals surface area contributed by atoms with E-state index in [0.29, 0.717) is 34.5 Å². The summed E-state index contributed by atoms with van der Waals surface area (Å²) in [7, 11) is 0. The highest BCUT2D eigenvalue weighted by Gasteiger charge is 2.21. The van der Waals surface area contributed by atoms with Crippen LogP contribution in [0, 0.1) is 6.92 Å². The van der Waals surface area contributed by atoms with Gasteiger partial charge in [0.15, 0.2) is 5.69 Å². The number of aryl methyl sites for hydroxylation is 1. The van der Waals surface area contributed by atoms with Crippen molar-refractivity contribution in [3.63, 3.8) is 0 Å². The Morgan fingerprint density at radius 2 is 2.03 bits per heavy atom. The Kier molecular flexibility index (Phi) is 6.09. The van der Waals surface area contributed by atoms with E-state index in [0.717, 1.165) is 5.56 Å². The van der Waals surface area contributed by atoms with Crippen LogP contribution in [0.25, 0.3) is 11.4 Å². The maximum atomic E-state index is 12.2. The van der Waals surface area contributed by atoms with E-state index in [2.05, 4.69) is 31.0 Å². The minimum Gasteiger partial charge on any atom is -0.394 e. The molecule has 0 saturated carbocycles. The first-order valence-electron chi connectivity index (χ1n) is 8.87. The number of rotatable bonds is 7. The highest BCUT2D eigenvalue weighted by molar-refractivity contribution is 6.30. The molecule has 0 saturated heterocycles. The second-order valence-electron chi connectivity index (χ2n) is 7.08. The lowest BCUT2D eigenvalue weighted by Gasteiger charge is -2.22. The van der Waals surface area contributed by atoms with Crippen molar-refractivity contribution in [1.82, 2.24) is 25.7 Å². The van der Waals surface area contributed by atoms with Crippen LogP contribution in [0.1, 0.15) is 35.7 Å². The molecule has 1 amide bonds. The number of hydrogen-bond acceptors (Lipinski definition) is 8. The average molecular weight is 417 g/mol. The van der Waals surface area contributed by atoms with Crippen LogP contribution in [0.15, 0.2) is 35.0 Å². The summed E-state index contributed by atoms with van der Waals surface area (Å²) in [5.41, 5.74) is 1.50. The molecule has 0 aliphatic carbocycles. The van der Waals surface area contributed by atoms with Crippen molar-refractivity contribution in [3.05, 3.63) is 52.5 Å². The van der Waals surface area contributed by atoms with Gasteiger partial charge in [0.2, 0.25) is 0 Å². The largest absolute Gasteiger partial charge is 0.394 e. The van der Waals surface area contributed by atoms with Crippen molar-refractivity contribution in [3.8, 4) is 11.4 Å². The van der Waals surface area contributed by atoms with E-state index in [-0.39, 0.29) is 12.3 Å². The number of nitrogens with zero attached hydrogens (tertiary/aromatic N) is 4. The predicted molar refractivity (Wildman–Crippen MR) is 107 cm³/mol. The fourth-order valence-corrected chi connectivity index (χ4v) is 2.57. The zero-order valence-electron chi connectivity index (χ0n) is 16.2. The van der Waals surface area contributed by atoms with Gasteiger partial charge in [-0.2, -0.15) is 0 Å². The number of pyridine rings is 1. The van der Waals surface area contributed by atoms with Gasteiger partial charge < -0.3 is 20.3 Å². The molecule has 3 aromatic rings. The monoisotopic (exact) mass is 416 g/mol. The summed E-state index contributed by atoms with van der Waals surface area (Å²) in [4.78, 5) is 16.4. The Morgan fingerprint density at radius 1 is 1.24 bits per heavy atom. The smallest absolute Gasteiger partial charge is 0.272 e. The second-order valence-corrected chi connectivity index (χ2v) is 7.52. The normalized spacial score (nSPS) is 11.3. The van der Waals surface area contributed by atoms with Crippen LogP contribution in [-0.4, -0.2) is 43.5 Å². The highest BCUT2D eigenvalue weighted by atomic mass is 35.5. The lowest BCUT2D eigenvalue weighted by atomic mass is 10.1. The predicted octanol–water partition coefficient (Wildman–Crippen LogP) is 2.60. The van der Waals surface area contributed by atoms with Crippen molar-refractivity contribution >= 4 is 23.3 Å². The van der Waals surface area contributed by atoms with Crippen molar-refractivity contribution in [1.29, 1.82) is 0 Å². The maximum Gasteiger partial charge on any atom is 0.272 e. The van der Waals surface area contributed by atoms with E-state index in [1.165, 1.54) is 0 Å². The lowest BCUT2D eigenvalue weighted by Crippen LogP contribution is -2.46. The number of carbonyl (C=O) groups is 1. The van der Waals surface area contributed by atoms with Crippen LogP contribution >= 0.6 is 11.6 Å². The zero-order chi connectivity index (χ0) is 21.0. The number of nitrogens with one attached hydrogen (secondary N) is 2. The lowest BCUT2D eigenvalue weighted by molar-refractivity contribution is 0.0863. The molecule has 0 aromatic carbocycles. The third-order valence-electron chi connectivity index (χ3n) is 4.15. The standard InChI is InChI=1S/C19H21ClN6O3/c1-11-13(17(26-29-11)14-5-4-12(20)8-21-14)9-22-16-7-6-15(24-25-16)18(28)23-19(2,3)10-27/h4-8,27H,9-10H2,1-3H3,(H,22,25)(H,23,28). The first kappa shape index (κ1) is 20.7. The molecule has 0 radical (unpaired) electrons. The van der Waals surface area contributed by atoms with Crippen LogP contribution in [-0.2, 0) is 6.54 Å². The van der Waals surface area contributed by atoms with Crippen molar-refractivity contribution in [2.45, 2.75) is 32.9 Å². The van der Waals surface area contributed by atoms with Gasteiger partial charge in [0.25, 0.3) is 5.91 Å². The summed E-state index contributed by atoms with van der Waals surface area (Å²) in [6.07, 6.45) is 1.55. The summed E-state index contributed by atoms with van der Waals surface area (Å²) in [5.74, 6) is 0.729. The van der Waals surface area contributed by atoms with Gasteiger partial charge in [-0.15, -0.1) is 10.2 Å². The number of carbonyl (C=O) groups excluding carboxylic acids is 1. The Hall–Kier alpha value is -3.04. The molecule has 0 atom stereocenters. The van der Waals surface area contributed by atoms with E-state index in [1.54, 1.807) is 44.3 Å². The van der Waals surface area contributed by atoms with E-state index in [1.807, 2.05) is 6.92 Å².